The molecule has 4 rings (SSSR count). The number of carbonyl (C=O) groups is 2. The normalized spacial score (nSPS) is 13.2. The van der Waals surface area contributed by atoms with Crippen molar-refractivity contribution in [2.24, 2.45) is 11.8 Å². The number of carbonyl (C=O) groups excluding carboxylic acids is 2. The number of anilines is 1. The van der Waals surface area contributed by atoms with Crippen LogP contribution in [0.4, 0.5) is 5.95 Å². The number of nitrogens with one attached hydrogen (secondary N) is 1. The lowest BCUT2D eigenvalue weighted by Gasteiger charge is -2.23. The van der Waals surface area contributed by atoms with Crippen LogP contribution >= 0.6 is 11.6 Å². The Hall–Kier alpha value is -3.12. The molecule has 1 N–H and O–H groups in total. The van der Waals surface area contributed by atoms with E-state index < -0.39 is 0 Å². The number of imidazole rings is 1. The smallest absolute Gasteiger partial charge is 0.246 e. The molecule has 1 saturated carbocycles. The van der Waals surface area contributed by atoms with Crippen LogP contribution in [0, 0.1) is 18.8 Å². The highest BCUT2D eigenvalue weighted by atomic mass is 35.5. The van der Waals surface area contributed by atoms with Crippen LogP contribution < -0.4 is 5.32 Å². The average Bonchev–Trinajstić information content (AvgIpc) is 3.50. The standard InChI is InChI=1S/C27H31ClN4O2/c1-18(2)13-26(34)31(15-20-7-8-20)17-25(33)30-27-29-24(21-9-11-22(28)12-10-21)16-32(27)23-6-4-5-19(3)14-23/h4-6,9-12,14,16,18,20H,7-8,13,15,17H2,1-3H3,(H,29,30,33). The van der Waals surface area contributed by atoms with E-state index in [1.807, 2.05) is 80.1 Å². The van der Waals surface area contributed by atoms with Crippen LogP contribution in [0.25, 0.3) is 16.9 Å². The molecule has 178 valence electrons. The third-order valence-corrected chi connectivity index (χ3v) is 6.07. The topological polar surface area (TPSA) is 67.2 Å². The second-order valence-electron chi connectivity index (χ2n) is 9.53. The molecule has 2 amide bonds. The molecule has 7 heteroatoms. The number of benzene rings is 2. The van der Waals surface area contributed by atoms with E-state index in [9.17, 15) is 9.59 Å². The zero-order chi connectivity index (χ0) is 24.2. The average molecular weight is 479 g/mol. The lowest BCUT2D eigenvalue weighted by molar-refractivity contribution is -0.135. The number of rotatable bonds is 9. The maximum atomic E-state index is 13.1. The van der Waals surface area contributed by atoms with Crippen LogP contribution in [-0.4, -0.2) is 39.4 Å². The number of nitrogens with zero attached hydrogens (tertiary/aromatic N) is 3. The van der Waals surface area contributed by atoms with E-state index in [1.165, 1.54) is 0 Å². The molecule has 2 aromatic carbocycles. The minimum atomic E-state index is -0.250. The third kappa shape index (κ3) is 6.26. The summed E-state index contributed by atoms with van der Waals surface area (Å²) in [6.45, 7) is 6.73. The first-order chi connectivity index (χ1) is 16.3. The van der Waals surface area contributed by atoms with E-state index in [0.717, 1.165) is 35.3 Å². The van der Waals surface area contributed by atoms with Crippen LogP contribution in [0.15, 0.2) is 54.7 Å². The summed E-state index contributed by atoms with van der Waals surface area (Å²) < 4.78 is 1.87. The largest absolute Gasteiger partial charge is 0.333 e. The van der Waals surface area contributed by atoms with E-state index in [1.54, 1.807) is 4.90 Å². The van der Waals surface area contributed by atoms with Crippen LogP contribution in [0.5, 0.6) is 0 Å². The number of halogens is 1. The fourth-order valence-electron chi connectivity index (χ4n) is 3.89. The molecule has 1 aromatic heterocycles. The maximum Gasteiger partial charge on any atom is 0.246 e. The highest BCUT2D eigenvalue weighted by Gasteiger charge is 2.28. The summed E-state index contributed by atoms with van der Waals surface area (Å²) in [6.07, 6.45) is 4.59. The van der Waals surface area contributed by atoms with Crippen molar-refractivity contribution in [1.29, 1.82) is 0 Å². The zero-order valence-corrected chi connectivity index (χ0v) is 20.7. The van der Waals surface area contributed by atoms with E-state index >= 15 is 0 Å². The van der Waals surface area contributed by atoms with Gasteiger partial charge in [-0.3, -0.25) is 19.5 Å². The van der Waals surface area contributed by atoms with Crippen molar-refractivity contribution >= 4 is 29.4 Å². The summed E-state index contributed by atoms with van der Waals surface area (Å²) in [5, 5.41) is 3.61. The molecule has 34 heavy (non-hydrogen) atoms. The van der Waals surface area contributed by atoms with Crippen LogP contribution in [0.2, 0.25) is 5.02 Å². The Morgan fingerprint density at radius 2 is 1.91 bits per heavy atom. The summed E-state index contributed by atoms with van der Waals surface area (Å²) >= 11 is 6.05. The van der Waals surface area contributed by atoms with Crippen molar-refractivity contribution in [3.05, 3.63) is 65.3 Å². The fourth-order valence-corrected chi connectivity index (χ4v) is 4.01. The maximum absolute atomic E-state index is 13.1. The van der Waals surface area contributed by atoms with Crippen LogP contribution in [0.3, 0.4) is 0 Å². The van der Waals surface area contributed by atoms with Gasteiger partial charge in [0.15, 0.2) is 0 Å². The van der Waals surface area contributed by atoms with Crippen molar-refractivity contribution in [2.45, 2.75) is 40.0 Å². The zero-order valence-electron chi connectivity index (χ0n) is 19.9. The Labute approximate surface area is 205 Å². The Bertz CT molecular complexity index is 1170. The molecule has 0 spiro atoms. The Balaban J connectivity index is 1.59. The van der Waals surface area contributed by atoms with Crippen molar-refractivity contribution in [1.82, 2.24) is 14.5 Å². The lowest BCUT2D eigenvalue weighted by atomic mass is 10.1. The molecule has 1 heterocycles. The van der Waals surface area contributed by atoms with Gasteiger partial charge in [0.05, 0.1) is 12.2 Å². The van der Waals surface area contributed by atoms with E-state index in [4.69, 9.17) is 16.6 Å². The number of aromatic nitrogens is 2. The summed E-state index contributed by atoms with van der Waals surface area (Å²) in [7, 11) is 0. The van der Waals surface area contributed by atoms with Gasteiger partial charge in [-0.1, -0.05) is 49.7 Å². The molecule has 0 atom stereocenters. The lowest BCUT2D eigenvalue weighted by Crippen LogP contribution is -2.40. The van der Waals surface area contributed by atoms with Crippen molar-refractivity contribution < 1.29 is 9.59 Å². The van der Waals surface area contributed by atoms with Gasteiger partial charge >= 0.3 is 0 Å². The molecule has 0 radical (unpaired) electrons. The molecule has 6 nitrogen and oxygen atoms in total. The van der Waals surface area contributed by atoms with Gasteiger partial charge < -0.3 is 4.90 Å². The first kappa shape index (κ1) is 24.0. The number of hydrogen-bond donors (Lipinski definition) is 1. The summed E-state index contributed by atoms with van der Waals surface area (Å²) in [4.78, 5) is 32.3. The van der Waals surface area contributed by atoms with Gasteiger partial charge in [-0.25, -0.2) is 4.98 Å². The number of amides is 2. The van der Waals surface area contributed by atoms with Crippen molar-refractivity contribution in [3.63, 3.8) is 0 Å². The predicted molar refractivity (Wildman–Crippen MR) is 136 cm³/mol. The predicted octanol–water partition coefficient (Wildman–Crippen LogP) is 5.72. The Morgan fingerprint density at radius 1 is 1.18 bits per heavy atom. The van der Waals surface area contributed by atoms with Gasteiger partial charge in [0, 0.05) is 35.4 Å². The molecule has 1 aliphatic rings. The quantitative estimate of drug-likeness (QED) is 0.427. The van der Waals surface area contributed by atoms with Crippen molar-refractivity contribution in [3.8, 4) is 16.9 Å². The molecule has 1 aliphatic carbocycles. The van der Waals surface area contributed by atoms with Crippen LogP contribution in [-0.2, 0) is 9.59 Å². The minimum Gasteiger partial charge on any atom is -0.333 e. The second kappa shape index (κ2) is 10.4. The molecular weight excluding hydrogens is 448 g/mol. The van der Waals surface area contributed by atoms with Gasteiger partial charge in [0.25, 0.3) is 0 Å². The van der Waals surface area contributed by atoms with Gasteiger partial charge in [-0.2, -0.15) is 0 Å². The van der Waals surface area contributed by atoms with Crippen molar-refractivity contribution in [2.75, 3.05) is 18.4 Å². The SMILES string of the molecule is Cc1cccc(-n2cc(-c3ccc(Cl)cc3)nc2NC(=O)CN(CC2CC2)C(=O)CC(C)C)c1. The highest BCUT2D eigenvalue weighted by molar-refractivity contribution is 6.30. The first-order valence-corrected chi connectivity index (χ1v) is 12.2. The Morgan fingerprint density at radius 3 is 2.56 bits per heavy atom. The first-order valence-electron chi connectivity index (χ1n) is 11.8. The molecular formula is C27H31ClN4O2. The van der Waals surface area contributed by atoms with Gasteiger partial charge in [0.1, 0.15) is 0 Å². The Kier molecular flexibility index (Phi) is 7.37. The molecule has 3 aromatic rings. The van der Waals surface area contributed by atoms with E-state index in [-0.39, 0.29) is 24.3 Å². The van der Waals surface area contributed by atoms with Gasteiger partial charge in [-0.05, 0) is 61.4 Å². The second-order valence-corrected chi connectivity index (χ2v) is 9.97. The molecule has 0 aliphatic heterocycles. The molecule has 0 bridgehead atoms. The van der Waals surface area contributed by atoms with E-state index in [2.05, 4.69) is 5.32 Å². The molecule has 0 saturated heterocycles. The summed E-state index contributed by atoms with van der Waals surface area (Å²) in [5.41, 5.74) is 3.62. The molecule has 0 unspecified atom stereocenters. The van der Waals surface area contributed by atoms with Gasteiger partial charge in [0.2, 0.25) is 17.8 Å². The summed E-state index contributed by atoms with van der Waals surface area (Å²) in [6, 6.07) is 15.4. The molecule has 1 fully saturated rings. The summed E-state index contributed by atoms with van der Waals surface area (Å²) in [5.74, 6) is 0.957. The number of hydrogen-bond acceptors (Lipinski definition) is 3. The fraction of sp³-hybridized carbons (Fsp3) is 0.370. The minimum absolute atomic E-state index is 0.0268. The van der Waals surface area contributed by atoms with Gasteiger partial charge in [-0.15, -0.1) is 0 Å². The monoisotopic (exact) mass is 478 g/mol. The number of aryl methyl sites for hydroxylation is 1. The van der Waals surface area contributed by atoms with E-state index in [0.29, 0.717) is 29.9 Å². The van der Waals surface area contributed by atoms with Crippen LogP contribution in [0.1, 0.15) is 38.7 Å². The third-order valence-electron chi connectivity index (χ3n) is 5.82. The highest BCUT2D eigenvalue weighted by Crippen LogP contribution is 2.30.